The van der Waals surface area contributed by atoms with Crippen LogP contribution in [0.15, 0.2) is 170 Å². The molecule has 1 atom stereocenters. The van der Waals surface area contributed by atoms with Gasteiger partial charge in [-0.2, -0.15) is 0 Å². The van der Waals surface area contributed by atoms with E-state index in [1.54, 1.807) is 43.9 Å². The predicted molar refractivity (Wildman–Crippen MR) is 440 cm³/mol. The lowest BCUT2D eigenvalue weighted by Gasteiger charge is -2.13. The van der Waals surface area contributed by atoms with E-state index in [4.69, 9.17) is 31.4 Å². The van der Waals surface area contributed by atoms with Crippen molar-refractivity contribution in [2.24, 2.45) is 28.2 Å². The third-order valence-electron chi connectivity index (χ3n) is 21.0. The van der Waals surface area contributed by atoms with Gasteiger partial charge in [0.2, 0.25) is 45.6 Å². The molecule has 12 aromatic heterocycles. The van der Waals surface area contributed by atoms with Crippen LogP contribution in [0, 0.1) is 48.5 Å². The third-order valence-corrected chi connectivity index (χ3v) is 21.0. The molecule has 16 rings (SSSR count). The Bertz CT molecular complexity index is 6600. The van der Waals surface area contributed by atoms with Crippen LogP contribution in [-0.2, 0) is 53.7 Å². The number of hydrogen-bond donors (Lipinski definition) is 0. The number of nitrogens with zero attached hydrogens (tertiary/aromatic N) is 8. The molecule has 12 nitrogen and oxygen atoms in total. The molecule has 12 heterocycles. The van der Waals surface area contributed by atoms with Gasteiger partial charge in [0, 0.05) is 127 Å². The summed E-state index contributed by atoms with van der Waals surface area (Å²) in [6.45, 7) is 32.5. The van der Waals surface area contributed by atoms with Gasteiger partial charge >= 0.3 is 0 Å². The lowest BCUT2D eigenvalue weighted by molar-refractivity contribution is -0.661. The Morgan fingerprint density at radius 3 is 0.953 bits per heavy atom. The maximum absolute atomic E-state index is 8.61. The third kappa shape index (κ3) is 14.0. The van der Waals surface area contributed by atoms with Crippen LogP contribution in [0.25, 0.3) is 133 Å². The molecule has 0 radical (unpaired) electrons. The highest BCUT2D eigenvalue weighted by Crippen LogP contribution is 2.43. The van der Waals surface area contributed by atoms with E-state index in [9.17, 15) is 0 Å². The first-order chi connectivity index (χ1) is 54.8. The van der Waals surface area contributed by atoms with Crippen molar-refractivity contribution in [3.63, 3.8) is 0 Å². The fraction of sp³-hybridized carbons (Fsp3) is 0.326. The van der Waals surface area contributed by atoms with Gasteiger partial charge < -0.3 is 17.7 Å². The zero-order valence-corrected chi connectivity index (χ0v) is 66.1. The van der Waals surface area contributed by atoms with E-state index in [1.807, 2.05) is 102 Å². The largest absolute Gasteiger partial charge is 0.437 e. The van der Waals surface area contributed by atoms with Gasteiger partial charge in [0.1, 0.15) is 28.2 Å². The Hall–Kier alpha value is -10.7. The van der Waals surface area contributed by atoms with Gasteiger partial charge in [0.15, 0.2) is 47.1 Å². The molecule has 107 heavy (non-hydrogen) atoms. The number of hydrogen-bond acceptors (Lipinski definition) is 8. The van der Waals surface area contributed by atoms with Crippen LogP contribution >= 0.6 is 0 Å². The fourth-order valence-electron chi connectivity index (χ4n) is 15.2. The second-order valence-electron chi connectivity index (χ2n) is 29.5. The minimum Gasteiger partial charge on any atom is -0.437 e. The maximum Gasteiger partial charge on any atom is 0.227 e. The van der Waals surface area contributed by atoms with Crippen LogP contribution in [0.4, 0.5) is 0 Å². The lowest BCUT2D eigenvalue weighted by Crippen LogP contribution is -2.32. The summed E-state index contributed by atoms with van der Waals surface area (Å²) in [7, 11) is 7.92. The second-order valence-corrected chi connectivity index (χ2v) is 29.5. The molecule has 0 aliphatic heterocycles. The van der Waals surface area contributed by atoms with Gasteiger partial charge in [-0.05, 0) is 191 Å². The Balaban J connectivity index is 0.000000136. The fourth-order valence-corrected chi connectivity index (χ4v) is 15.2. The molecule has 16 aromatic rings. The Morgan fingerprint density at radius 2 is 0.645 bits per heavy atom. The summed E-state index contributed by atoms with van der Waals surface area (Å²) >= 11 is 0. The monoisotopic (exact) mass is 1430 g/mol. The molecular weight excluding hydrogens is 1320 g/mol. The van der Waals surface area contributed by atoms with E-state index in [0.717, 1.165) is 156 Å². The van der Waals surface area contributed by atoms with E-state index >= 15 is 0 Å². The van der Waals surface area contributed by atoms with Crippen molar-refractivity contribution in [2.75, 3.05) is 0 Å². The van der Waals surface area contributed by atoms with Gasteiger partial charge in [-0.25, -0.2) is 38.2 Å². The van der Waals surface area contributed by atoms with Crippen LogP contribution in [0.2, 0.25) is 0 Å². The number of furan rings is 4. The zero-order chi connectivity index (χ0) is 85.1. The summed E-state index contributed by atoms with van der Waals surface area (Å²) in [5.74, 6) is -1.01. The Morgan fingerprint density at radius 1 is 0.364 bits per heavy atom. The summed E-state index contributed by atoms with van der Waals surface area (Å²) < 4.78 is 116. The zero-order valence-electron chi connectivity index (χ0n) is 76.1. The molecule has 0 N–H and O–H groups in total. The molecule has 0 bridgehead atoms. The predicted octanol–water partition coefficient (Wildman–Crippen LogP) is 22.8. The molecule has 0 saturated heterocycles. The number of aryl methyl sites for hydroxylation is 15. The molecule has 0 fully saturated rings. The number of fused-ring (bicyclic) bond motifs is 12. The standard InChI is InChI=1S/3C24H27N2O.C23H25N2O/c3*1-7-17-12-21(26(6)13-20(17)14(2)3)22-15(4)8-10-18-19-11-9-16(5)25-24(19)27-23(18)22;1-6-16-12-20(25(5)13-19(16)14(2)3)21-15(4)9-10-17-18-8-7-11-24-23(18)26-22(17)21/h3*8-14H,7H2,1-6H3;7-14H,6H2,1-5H3/q4*+1/i2D3,7D2,14D;7D2;;6D2. The first kappa shape index (κ1) is 62.5. The second kappa shape index (κ2) is 30.3. The van der Waals surface area contributed by atoms with Crippen LogP contribution < -0.4 is 18.3 Å². The summed E-state index contributed by atoms with van der Waals surface area (Å²) in [4.78, 5) is 18.0. The maximum atomic E-state index is 8.61. The SMILES string of the molecule is CCc1cc(-c2c(C)ccc3c2oc2nc(C)ccc23)[n+](C)cc1C(C)C.[2H]C([2H])(C)c1cc(-c2c(C)ccc3c2oc2nc(C)ccc23)[n+](C)cc1C(C)C.[2H]C([2H])(C)c1cc(-c2c(C)ccc3c2oc2nc(C)ccc23)[n+](C)cc1C([2H])(C)C([2H])([2H])[2H].[2H]C([2H])(C)c1cc(-c2c(C)ccc3c2oc2ncccc23)[n+](C)cc1C(C)C. The van der Waals surface area contributed by atoms with Crippen LogP contribution in [0.3, 0.4) is 0 Å². The van der Waals surface area contributed by atoms with Gasteiger partial charge in [-0.15, -0.1) is 0 Å². The topological polar surface area (TPSA) is 120 Å². The Labute approximate surface area is 644 Å². The van der Waals surface area contributed by atoms with Crippen molar-refractivity contribution in [3.05, 3.63) is 236 Å². The molecule has 4 aromatic carbocycles. The van der Waals surface area contributed by atoms with Crippen molar-refractivity contribution in [1.82, 2.24) is 19.9 Å². The number of pyridine rings is 8. The van der Waals surface area contributed by atoms with E-state index in [2.05, 4.69) is 183 Å². The minimum absolute atomic E-state index is 0.132. The quantitative estimate of drug-likeness (QED) is 0.111. The highest BCUT2D eigenvalue weighted by Gasteiger charge is 2.29. The lowest BCUT2D eigenvalue weighted by atomic mass is 9.94. The van der Waals surface area contributed by atoms with Crippen molar-refractivity contribution in [2.45, 2.75) is 181 Å². The molecule has 0 amide bonds. The molecular formula is C95H106N8O4+4. The summed E-state index contributed by atoms with van der Waals surface area (Å²) in [6.07, 6.45) is 5.99. The molecule has 546 valence electrons. The van der Waals surface area contributed by atoms with E-state index < -0.39 is 31.9 Å². The van der Waals surface area contributed by atoms with Crippen molar-refractivity contribution < 1.29 is 49.6 Å². The number of benzene rings is 4. The van der Waals surface area contributed by atoms with Gasteiger partial charge in [-0.3, -0.25) is 0 Å². The molecule has 0 aliphatic carbocycles. The smallest absolute Gasteiger partial charge is 0.227 e. The van der Waals surface area contributed by atoms with E-state index in [1.165, 1.54) is 36.2 Å². The van der Waals surface area contributed by atoms with Gasteiger partial charge in [0.05, 0.1) is 22.3 Å². The van der Waals surface area contributed by atoms with Crippen molar-refractivity contribution in [1.29, 1.82) is 0 Å². The average Bonchev–Trinajstić information content (AvgIpc) is 1.03. The molecule has 0 saturated carbocycles. The molecule has 0 aliphatic rings. The highest BCUT2D eigenvalue weighted by atomic mass is 16.4. The van der Waals surface area contributed by atoms with Crippen LogP contribution in [0.5, 0.6) is 0 Å². The number of aromatic nitrogens is 8. The Kier molecular flexibility index (Phi) is 17.7. The number of rotatable bonds is 12. The van der Waals surface area contributed by atoms with Crippen molar-refractivity contribution >= 4 is 88.3 Å². The molecule has 1 unspecified atom stereocenters. The first-order valence-corrected chi connectivity index (χ1v) is 37.1. The first-order valence-electron chi connectivity index (χ1n) is 42.1. The summed E-state index contributed by atoms with van der Waals surface area (Å²) in [6, 6.07) is 40.7. The van der Waals surface area contributed by atoms with Crippen LogP contribution in [-0.4, -0.2) is 19.9 Å². The molecule has 0 spiro atoms. The van der Waals surface area contributed by atoms with E-state index in [0.29, 0.717) is 40.0 Å². The van der Waals surface area contributed by atoms with Crippen molar-refractivity contribution in [3.8, 4) is 45.0 Å². The highest BCUT2D eigenvalue weighted by molar-refractivity contribution is 6.12. The van der Waals surface area contributed by atoms with Crippen LogP contribution in [0.1, 0.15) is 204 Å². The van der Waals surface area contributed by atoms with Gasteiger partial charge in [-0.1, -0.05) is 132 Å². The van der Waals surface area contributed by atoms with E-state index in [-0.39, 0.29) is 23.0 Å². The minimum atomic E-state index is -2.63. The average molecular weight is 1430 g/mol. The summed E-state index contributed by atoms with van der Waals surface area (Å²) in [5, 5.41) is 8.04. The summed E-state index contributed by atoms with van der Waals surface area (Å²) in [5.41, 5.74) is 27.0. The normalized spacial score (nSPS) is 14.3. The van der Waals surface area contributed by atoms with Gasteiger partial charge in [0.25, 0.3) is 0 Å². The molecule has 12 heteroatoms.